The molecular weight excluding hydrogens is 372 g/mol. The van der Waals surface area contributed by atoms with Crippen molar-refractivity contribution in [2.24, 2.45) is 0 Å². The van der Waals surface area contributed by atoms with Crippen LogP contribution in [0.3, 0.4) is 0 Å². The highest BCUT2D eigenvalue weighted by molar-refractivity contribution is 8.00. The second kappa shape index (κ2) is 7.44. The Morgan fingerprint density at radius 1 is 1.12 bits per heavy atom. The highest BCUT2D eigenvalue weighted by atomic mass is 35.5. The molecule has 0 saturated heterocycles. The van der Waals surface area contributed by atoms with Gasteiger partial charge in [0.25, 0.3) is 0 Å². The van der Waals surface area contributed by atoms with Crippen LogP contribution in [0.5, 0.6) is 0 Å². The van der Waals surface area contributed by atoms with Gasteiger partial charge >= 0.3 is 0 Å². The first kappa shape index (κ1) is 17.0. The molecule has 1 aliphatic carbocycles. The molecule has 3 nitrogen and oxygen atoms in total. The smallest absolute Gasteiger partial charge is 0.173 e. The number of carbonyl (C=O) groups excluding carboxylic acids is 1. The monoisotopic (exact) mass is 388 g/mol. The fourth-order valence-electron chi connectivity index (χ4n) is 3.20. The van der Waals surface area contributed by atoms with E-state index in [0.29, 0.717) is 16.3 Å². The zero-order valence-electron chi connectivity index (χ0n) is 13.6. The van der Waals surface area contributed by atoms with E-state index in [1.807, 2.05) is 0 Å². The number of benzene rings is 1. The Morgan fingerprint density at radius 3 is 2.76 bits per heavy atom. The molecule has 0 spiro atoms. The minimum atomic E-state index is 0.0924. The fourth-order valence-corrected chi connectivity index (χ4v) is 5.54. The van der Waals surface area contributed by atoms with Crippen molar-refractivity contribution < 1.29 is 4.79 Å². The molecule has 2 heterocycles. The molecule has 0 bridgehead atoms. The van der Waals surface area contributed by atoms with E-state index in [1.54, 1.807) is 41.9 Å². The lowest BCUT2D eigenvalue weighted by atomic mass is 10.1. The van der Waals surface area contributed by atoms with E-state index in [4.69, 9.17) is 11.6 Å². The Bertz CT molecular complexity index is 921. The average molecular weight is 389 g/mol. The lowest BCUT2D eigenvalue weighted by Crippen LogP contribution is -2.02. The normalized spacial score (nSPS) is 14.3. The van der Waals surface area contributed by atoms with E-state index in [9.17, 15) is 4.79 Å². The lowest BCUT2D eigenvalue weighted by molar-refractivity contribution is 0.102. The number of aryl methyl sites for hydroxylation is 2. The largest absolute Gasteiger partial charge is 0.293 e. The van der Waals surface area contributed by atoms with Crippen LogP contribution in [0, 0.1) is 0 Å². The maximum atomic E-state index is 12.4. The molecule has 0 radical (unpaired) electrons. The summed E-state index contributed by atoms with van der Waals surface area (Å²) in [7, 11) is 0. The number of carbonyl (C=O) groups is 1. The maximum Gasteiger partial charge on any atom is 0.173 e. The summed E-state index contributed by atoms with van der Waals surface area (Å²) in [6.45, 7) is 0. The second-order valence-corrected chi connectivity index (χ2v) is 8.63. The molecule has 0 fully saturated rings. The summed E-state index contributed by atoms with van der Waals surface area (Å²) in [6.07, 6.45) is 7.62. The minimum Gasteiger partial charge on any atom is -0.293 e. The van der Waals surface area contributed by atoms with Crippen LogP contribution >= 0.6 is 34.7 Å². The van der Waals surface area contributed by atoms with Gasteiger partial charge in [0.05, 0.1) is 5.75 Å². The average Bonchev–Trinajstić information content (AvgIpc) is 2.82. The standard InChI is InChI=1S/C19H17ClN2OS2/c20-13-8-6-12(7-9-13)15(23)10-24-18-17-14-4-2-1-3-5-16(14)25-19(17)22-11-21-18/h6-9,11H,1-5,10H2. The zero-order valence-corrected chi connectivity index (χ0v) is 16.0. The van der Waals surface area contributed by atoms with Crippen LogP contribution in [-0.4, -0.2) is 21.5 Å². The Morgan fingerprint density at radius 2 is 1.92 bits per heavy atom. The molecule has 3 aromatic rings. The van der Waals surface area contributed by atoms with Gasteiger partial charge < -0.3 is 0 Å². The Hall–Kier alpha value is -1.43. The highest BCUT2D eigenvalue weighted by Gasteiger charge is 2.19. The van der Waals surface area contributed by atoms with E-state index in [-0.39, 0.29) is 5.78 Å². The SMILES string of the molecule is O=C(CSc1ncnc2sc3c(c12)CCCCC3)c1ccc(Cl)cc1. The van der Waals surface area contributed by atoms with E-state index < -0.39 is 0 Å². The fraction of sp³-hybridized carbons (Fsp3) is 0.316. The number of Topliss-reactive ketones (excluding diaryl/α,β-unsaturated/α-hetero) is 1. The van der Waals surface area contributed by atoms with Crippen molar-refractivity contribution in [3.05, 3.63) is 51.6 Å². The molecule has 0 amide bonds. The summed E-state index contributed by atoms with van der Waals surface area (Å²) in [4.78, 5) is 23.9. The first-order valence-electron chi connectivity index (χ1n) is 8.39. The quantitative estimate of drug-likeness (QED) is 0.253. The van der Waals surface area contributed by atoms with Crippen molar-refractivity contribution in [3.63, 3.8) is 0 Å². The van der Waals surface area contributed by atoms with Gasteiger partial charge in [-0.3, -0.25) is 4.79 Å². The van der Waals surface area contributed by atoms with Crippen LogP contribution in [0.25, 0.3) is 10.2 Å². The van der Waals surface area contributed by atoms with Crippen LogP contribution in [0.1, 0.15) is 40.1 Å². The Kier molecular flexibility index (Phi) is 5.06. The number of hydrogen-bond donors (Lipinski definition) is 0. The first-order chi connectivity index (χ1) is 12.2. The van der Waals surface area contributed by atoms with Gasteiger partial charge in [-0.15, -0.1) is 11.3 Å². The van der Waals surface area contributed by atoms with Crippen molar-refractivity contribution >= 4 is 50.7 Å². The molecule has 4 rings (SSSR count). The zero-order chi connectivity index (χ0) is 17.2. The number of thiophene rings is 1. The molecular formula is C19H17ClN2OS2. The molecule has 6 heteroatoms. The first-order valence-corrected chi connectivity index (χ1v) is 10.6. The van der Waals surface area contributed by atoms with E-state index in [1.165, 1.54) is 46.9 Å². The van der Waals surface area contributed by atoms with Crippen LogP contribution in [0.15, 0.2) is 35.6 Å². The summed E-state index contributed by atoms with van der Waals surface area (Å²) in [5.41, 5.74) is 2.10. The lowest BCUT2D eigenvalue weighted by Gasteiger charge is -2.05. The molecule has 0 saturated carbocycles. The third-order valence-corrected chi connectivity index (χ3v) is 6.91. The number of aromatic nitrogens is 2. The summed E-state index contributed by atoms with van der Waals surface area (Å²) in [5, 5.41) is 2.76. The second-order valence-electron chi connectivity index (χ2n) is 6.14. The molecule has 1 aliphatic rings. The Labute approximate surface area is 159 Å². The van der Waals surface area contributed by atoms with Gasteiger partial charge in [-0.2, -0.15) is 0 Å². The van der Waals surface area contributed by atoms with Gasteiger partial charge in [-0.05, 0) is 55.5 Å². The topological polar surface area (TPSA) is 42.9 Å². The molecule has 0 aliphatic heterocycles. The Balaban J connectivity index is 1.60. The number of thioether (sulfide) groups is 1. The third-order valence-electron chi connectivity index (χ3n) is 4.47. The summed E-state index contributed by atoms with van der Waals surface area (Å²) in [6, 6.07) is 7.05. The summed E-state index contributed by atoms with van der Waals surface area (Å²) < 4.78 is 0. The molecule has 0 N–H and O–H groups in total. The molecule has 25 heavy (non-hydrogen) atoms. The van der Waals surface area contributed by atoms with E-state index >= 15 is 0 Å². The number of ketones is 1. The van der Waals surface area contributed by atoms with Crippen molar-refractivity contribution in [2.45, 2.75) is 37.1 Å². The number of rotatable bonds is 4. The van der Waals surface area contributed by atoms with Gasteiger partial charge in [0.1, 0.15) is 16.2 Å². The van der Waals surface area contributed by atoms with Gasteiger partial charge in [-0.1, -0.05) is 29.8 Å². The number of hydrogen-bond acceptors (Lipinski definition) is 5. The predicted octanol–water partition coefficient (Wildman–Crippen LogP) is 5.59. The van der Waals surface area contributed by atoms with Gasteiger partial charge in [0.2, 0.25) is 0 Å². The van der Waals surface area contributed by atoms with E-state index in [0.717, 1.165) is 22.7 Å². The van der Waals surface area contributed by atoms with Crippen LogP contribution in [-0.2, 0) is 12.8 Å². The molecule has 1 aromatic carbocycles. The minimum absolute atomic E-state index is 0.0924. The number of fused-ring (bicyclic) bond motifs is 3. The summed E-state index contributed by atoms with van der Waals surface area (Å²) >= 11 is 9.20. The van der Waals surface area contributed by atoms with Crippen molar-refractivity contribution in [2.75, 3.05) is 5.75 Å². The van der Waals surface area contributed by atoms with Crippen molar-refractivity contribution in [3.8, 4) is 0 Å². The van der Waals surface area contributed by atoms with E-state index in [2.05, 4.69) is 9.97 Å². The molecule has 0 atom stereocenters. The van der Waals surface area contributed by atoms with Gasteiger partial charge in [0, 0.05) is 20.8 Å². The molecule has 128 valence electrons. The van der Waals surface area contributed by atoms with Crippen molar-refractivity contribution in [1.29, 1.82) is 0 Å². The van der Waals surface area contributed by atoms with Crippen LogP contribution in [0.2, 0.25) is 5.02 Å². The van der Waals surface area contributed by atoms with Gasteiger partial charge in [0.15, 0.2) is 5.78 Å². The number of halogens is 1. The maximum absolute atomic E-state index is 12.4. The molecule has 2 aromatic heterocycles. The molecule has 0 unspecified atom stereocenters. The predicted molar refractivity (Wildman–Crippen MR) is 105 cm³/mol. The van der Waals surface area contributed by atoms with Gasteiger partial charge in [-0.25, -0.2) is 9.97 Å². The number of nitrogens with zero attached hydrogens (tertiary/aromatic N) is 2. The van der Waals surface area contributed by atoms with Crippen LogP contribution < -0.4 is 0 Å². The summed E-state index contributed by atoms with van der Waals surface area (Å²) in [5.74, 6) is 0.466. The van der Waals surface area contributed by atoms with Crippen LogP contribution in [0.4, 0.5) is 0 Å². The third kappa shape index (κ3) is 3.59. The highest BCUT2D eigenvalue weighted by Crippen LogP contribution is 2.38. The van der Waals surface area contributed by atoms with Crippen molar-refractivity contribution in [1.82, 2.24) is 9.97 Å².